The maximum Gasteiger partial charge on any atom is 0.232 e. The van der Waals surface area contributed by atoms with Crippen LogP contribution >= 0.6 is 15.9 Å². The molecular weight excluding hydrogens is 394 g/mol. The second-order valence-electron chi connectivity index (χ2n) is 6.95. The molecule has 1 atom stereocenters. The third kappa shape index (κ3) is 3.32. The van der Waals surface area contributed by atoms with Crippen molar-refractivity contribution in [3.8, 4) is 11.5 Å². The number of halogens is 1. The summed E-state index contributed by atoms with van der Waals surface area (Å²) in [6.07, 6.45) is 5.41. The molecule has 1 amide bonds. The molecule has 0 radical (unpaired) electrons. The van der Waals surface area contributed by atoms with Gasteiger partial charge in [-0.3, -0.25) is 4.79 Å². The second-order valence-corrected chi connectivity index (χ2v) is 7.87. The van der Waals surface area contributed by atoms with E-state index in [4.69, 9.17) is 9.47 Å². The zero-order chi connectivity index (χ0) is 18.1. The van der Waals surface area contributed by atoms with Gasteiger partial charge in [-0.15, -0.1) is 0 Å². The molecule has 4 rings (SSSR count). The molecule has 2 aliphatic rings. The third-order valence-electron chi connectivity index (χ3n) is 5.25. The Balaban J connectivity index is 1.66. The highest BCUT2D eigenvalue weighted by Gasteiger charge is 2.32. The maximum absolute atomic E-state index is 12.6. The van der Waals surface area contributed by atoms with Crippen LogP contribution in [-0.2, 0) is 11.2 Å². The quantitative estimate of drug-likeness (QED) is 0.742. The van der Waals surface area contributed by atoms with Crippen molar-refractivity contribution in [1.29, 1.82) is 0 Å². The molecule has 0 saturated heterocycles. The van der Waals surface area contributed by atoms with Gasteiger partial charge in [-0.1, -0.05) is 28.1 Å². The fraction of sp³-hybridized carbons (Fsp3) is 0.381. The molecule has 4 nitrogen and oxygen atoms in total. The van der Waals surface area contributed by atoms with Crippen molar-refractivity contribution in [3.05, 3.63) is 52.0 Å². The molecule has 2 aromatic carbocycles. The molecule has 1 heterocycles. The second kappa shape index (κ2) is 7.31. The molecular formula is C21H22BrNO3. The molecule has 1 N–H and O–H groups in total. The van der Waals surface area contributed by atoms with E-state index in [0.717, 1.165) is 45.6 Å². The minimum Gasteiger partial charge on any atom is -0.493 e. The number of hydrogen-bond donors (Lipinski definition) is 1. The standard InChI is InChI=1S/C21H22BrNO3/c1-25-19-8-4-5-13(20(19)26-15-6-2-3-7-15)11-17-16-12-14(22)9-10-18(16)23-21(17)24/h4-5,8-10,12,15,17H,2-3,6-7,11H2,1H3,(H,23,24). The van der Waals surface area contributed by atoms with Crippen molar-refractivity contribution >= 4 is 27.5 Å². The topological polar surface area (TPSA) is 47.6 Å². The van der Waals surface area contributed by atoms with E-state index < -0.39 is 0 Å². The number of ether oxygens (including phenoxy) is 2. The summed E-state index contributed by atoms with van der Waals surface area (Å²) in [4.78, 5) is 12.6. The molecule has 0 bridgehead atoms. The summed E-state index contributed by atoms with van der Waals surface area (Å²) in [6, 6.07) is 11.8. The normalized spacial score (nSPS) is 19.3. The fourth-order valence-corrected chi connectivity index (χ4v) is 4.29. The van der Waals surface area contributed by atoms with Gasteiger partial charge in [0.2, 0.25) is 5.91 Å². The summed E-state index contributed by atoms with van der Waals surface area (Å²) >= 11 is 3.51. The average Bonchev–Trinajstić information content (AvgIpc) is 3.25. The smallest absolute Gasteiger partial charge is 0.232 e. The Labute approximate surface area is 162 Å². The van der Waals surface area contributed by atoms with Crippen LogP contribution in [0.4, 0.5) is 5.69 Å². The lowest BCUT2D eigenvalue weighted by atomic mass is 9.92. The molecule has 1 unspecified atom stereocenters. The van der Waals surface area contributed by atoms with Crippen LogP contribution in [-0.4, -0.2) is 19.1 Å². The average molecular weight is 416 g/mol. The maximum atomic E-state index is 12.6. The van der Waals surface area contributed by atoms with Crippen LogP contribution in [0.2, 0.25) is 0 Å². The van der Waals surface area contributed by atoms with Crippen molar-refractivity contribution in [2.24, 2.45) is 0 Å². The molecule has 1 aliphatic heterocycles. The van der Waals surface area contributed by atoms with Gasteiger partial charge in [-0.05, 0) is 67.5 Å². The first-order valence-electron chi connectivity index (χ1n) is 9.08. The van der Waals surface area contributed by atoms with Gasteiger partial charge in [-0.2, -0.15) is 0 Å². The molecule has 136 valence electrons. The number of carbonyl (C=O) groups excluding carboxylic acids is 1. The van der Waals surface area contributed by atoms with Gasteiger partial charge in [-0.25, -0.2) is 0 Å². The van der Waals surface area contributed by atoms with Crippen LogP contribution in [0.5, 0.6) is 11.5 Å². The van der Waals surface area contributed by atoms with Crippen LogP contribution < -0.4 is 14.8 Å². The van der Waals surface area contributed by atoms with Crippen molar-refractivity contribution < 1.29 is 14.3 Å². The van der Waals surface area contributed by atoms with Crippen LogP contribution in [0.3, 0.4) is 0 Å². The Morgan fingerprint density at radius 1 is 1.19 bits per heavy atom. The predicted octanol–water partition coefficient (Wildman–Crippen LogP) is 5.06. The number of anilines is 1. The summed E-state index contributed by atoms with van der Waals surface area (Å²) in [6.45, 7) is 0. The molecule has 5 heteroatoms. The van der Waals surface area contributed by atoms with Gasteiger partial charge < -0.3 is 14.8 Å². The summed E-state index contributed by atoms with van der Waals surface area (Å²) < 4.78 is 12.8. The molecule has 2 aromatic rings. The van der Waals surface area contributed by atoms with Crippen LogP contribution in [0.1, 0.15) is 42.7 Å². The first kappa shape index (κ1) is 17.4. The van der Waals surface area contributed by atoms with E-state index in [-0.39, 0.29) is 17.9 Å². The first-order chi connectivity index (χ1) is 12.7. The van der Waals surface area contributed by atoms with E-state index in [2.05, 4.69) is 21.2 Å². The Morgan fingerprint density at radius 3 is 2.77 bits per heavy atom. The highest BCUT2D eigenvalue weighted by atomic mass is 79.9. The zero-order valence-electron chi connectivity index (χ0n) is 14.8. The third-order valence-corrected chi connectivity index (χ3v) is 5.75. The number of hydrogen-bond acceptors (Lipinski definition) is 3. The number of nitrogens with one attached hydrogen (secondary N) is 1. The highest BCUT2D eigenvalue weighted by molar-refractivity contribution is 9.10. The van der Waals surface area contributed by atoms with Crippen molar-refractivity contribution in [3.63, 3.8) is 0 Å². The largest absolute Gasteiger partial charge is 0.493 e. The van der Waals surface area contributed by atoms with E-state index in [1.165, 1.54) is 12.8 Å². The fourth-order valence-electron chi connectivity index (χ4n) is 3.91. The van der Waals surface area contributed by atoms with Crippen LogP contribution in [0.25, 0.3) is 0 Å². The predicted molar refractivity (Wildman–Crippen MR) is 105 cm³/mol. The van der Waals surface area contributed by atoms with E-state index >= 15 is 0 Å². The molecule has 26 heavy (non-hydrogen) atoms. The lowest BCUT2D eigenvalue weighted by molar-refractivity contribution is -0.117. The molecule has 1 aliphatic carbocycles. The Hall–Kier alpha value is -2.01. The van der Waals surface area contributed by atoms with E-state index in [0.29, 0.717) is 6.42 Å². The lowest BCUT2D eigenvalue weighted by Gasteiger charge is -2.20. The monoisotopic (exact) mass is 415 g/mol. The molecule has 1 fully saturated rings. The minimum absolute atomic E-state index is 0.0349. The highest BCUT2D eigenvalue weighted by Crippen LogP contribution is 2.41. The van der Waals surface area contributed by atoms with E-state index in [1.807, 2.05) is 36.4 Å². The molecule has 1 saturated carbocycles. The van der Waals surface area contributed by atoms with E-state index in [1.54, 1.807) is 7.11 Å². The van der Waals surface area contributed by atoms with Gasteiger partial charge in [0, 0.05) is 10.2 Å². The molecule has 0 aromatic heterocycles. The first-order valence-corrected chi connectivity index (χ1v) is 9.88. The minimum atomic E-state index is -0.222. The Bertz CT molecular complexity index is 830. The summed E-state index contributed by atoms with van der Waals surface area (Å²) in [5.74, 6) is 1.34. The van der Waals surface area contributed by atoms with Gasteiger partial charge in [0.1, 0.15) is 0 Å². The van der Waals surface area contributed by atoms with Crippen molar-refractivity contribution in [2.75, 3.05) is 12.4 Å². The van der Waals surface area contributed by atoms with Crippen LogP contribution in [0, 0.1) is 0 Å². The van der Waals surface area contributed by atoms with Crippen molar-refractivity contribution in [2.45, 2.75) is 44.1 Å². The number of rotatable bonds is 5. The summed E-state index contributed by atoms with van der Waals surface area (Å²) in [7, 11) is 1.66. The number of methoxy groups -OCH3 is 1. The number of para-hydroxylation sites is 1. The number of benzene rings is 2. The Kier molecular flexibility index (Phi) is 4.90. The zero-order valence-corrected chi connectivity index (χ0v) is 16.3. The molecule has 0 spiro atoms. The van der Waals surface area contributed by atoms with Gasteiger partial charge in [0.25, 0.3) is 0 Å². The lowest BCUT2D eigenvalue weighted by Crippen LogP contribution is -2.17. The van der Waals surface area contributed by atoms with Gasteiger partial charge in [0.05, 0.1) is 19.1 Å². The van der Waals surface area contributed by atoms with Crippen molar-refractivity contribution in [1.82, 2.24) is 0 Å². The number of carbonyl (C=O) groups is 1. The number of fused-ring (bicyclic) bond motifs is 1. The van der Waals surface area contributed by atoms with E-state index in [9.17, 15) is 4.79 Å². The summed E-state index contributed by atoms with van der Waals surface area (Å²) in [5.41, 5.74) is 2.94. The van der Waals surface area contributed by atoms with Gasteiger partial charge >= 0.3 is 0 Å². The SMILES string of the molecule is COc1cccc(CC2C(=O)Nc3ccc(Br)cc32)c1OC1CCCC1. The van der Waals surface area contributed by atoms with Crippen LogP contribution in [0.15, 0.2) is 40.9 Å². The Morgan fingerprint density at radius 2 is 2.00 bits per heavy atom. The van der Waals surface area contributed by atoms with Gasteiger partial charge in [0.15, 0.2) is 11.5 Å². The summed E-state index contributed by atoms with van der Waals surface area (Å²) in [5, 5.41) is 2.98. The number of amides is 1.